The summed E-state index contributed by atoms with van der Waals surface area (Å²) in [6.45, 7) is -0.153. The van der Waals surface area contributed by atoms with E-state index in [-0.39, 0.29) is 24.3 Å². The summed E-state index contributed by atoms with van der Waals surface area (Å²) < 4.78 is 12.6. The minimum absolute atomic E-state index is 0.00746. The van der Waals surface area contributed by atoms with Crippen LogP contribution in [0.25, 0.3) is 5.69 Å². The van der Waals surface area contributed by atoms with Crippen LogP contribution in [0.15, 0.2) is 73.1 Å². The van der Waals surface area contributed by atoms with Gasteiger partial charge in [0.25, 0.3) is 0 Å². The zero-order valence-corrected chi connectivity index (χ0v) is 16.7. The number of esters is 1. The van der Waals surface area contributed by atoms with E-state index in [1.807, 2.05) is 53.4 Å². The summed E-state index contributed by atoms with van der Waals surface area (Å²) in [6.07, 6.45) is 3.79. The maximum atomic E-state index is 12.5. The number of aromatic nitrogens is 4. The molecule has 2 heterocycles. The number of carbonyl (C=O) groups is 1. The Bertz CT molecular complexity index is 1190. The molecule has 0 radical (unpaired) electrons. The molecule has 0 bridgehead atoms. The highest BCUT2D eigenvalue weighted by atomic mass is 16.5. The van der Waals surface area contributed by atoms with Gasteiger partial charge in [0.1, 0.15) is 5.75 Å². The average Bonchev–Trinajstić information content (AvgIpc) is 3.33. The minimum atomic E-state index is -0.493. The molecule has 0 saturated heterocycles. The Labute approximate surface area is 178 Å². The Morgan fingerprint density at radius 3 is 2.65 bits per heavy atom. The van der Waals surface area contributed by atoms with Gasteiger partial charge in [-0.1, -0.05) is 18.2 Å². The molecule has 0 saturated carbocycles. The fourth-order valence-electron chi connectivity index (χ4n) is 2.94. The van der Waals surface area contributed by atoms with Crippen molar-refractivity contribution in [2.45, 2.75) is 6.61 Å². The first-order valence-electron chi connectivity index (χ1n) is 9.43. The molecule has 4 rings (SSSR count). The lowest BCUT2D eigenvalue weighted by atomic mass is 10.2. The molecule has 4 aromatic rings. The highest BCUT2D eigenvalue weighted by molar-refractivity contribution is 5.90. The lowest BCUT2D eigenvalue weighted by Crippen LogP contribution is -2.11. The molecule has 2 aromatic heterocycles. The van der Waals surface area contributed by atoms with Gasteiger partial charge in [-0.05, 0) is 42.5 Å². The van der Waals surface area contributed by atoms with Gasteiger partial charge in [0.15, 0.2) is 12.4 Å². The van der Waals surface area contributed by atoms with Gasteiger partial charge in [0.2, 0.25) is 11.9 Å². The SMILES string of the molecule is COc1ccccc1Nc1nc(N)nc(COC(=O)c2cccc(-n3cccc3)c2)n1. The summed E-state index contributed by atoms with van der Waals surface area (Å²) in [5, 5.41) is 3.04. The molecule has 0 aliphatic rings. The van der Waals surface area contributed by atoms with Crippen molar-refractivity contribution in [1.82, 2.24) is 19.5 Å². The van der Waals surface area contributed by atoms with Crippen molar-refractivity contribution in [2.24, 2.45) is 0 Å². The predicted octanol–water partition coefficient (Wildman–Crippen LogP) is 3.35. The number of ether oxygens (including phenoxy) is 2. The molecule has 31 heavy (non-hydrogen) atoms. The molecule has 156 valence electrons. The summed E-state index contributed by atoms with van der Waals surface area (Å²) in [7, 11) is 1.57. The van der Waals surface area contributed by atoms with Crippen LogP contribution in [0.3, 0.4) is 0 Å². The standard InChI is InChI=1S/C22H20N6O3/c1-30-18-10-3-2-9-17(18)24-22-26-19(25-21(23)27-22)14-31-20(29)15-7-6-8-16(13-15)28-11-4-5-12-28/h2-13H,14H2,1H3,(H3,23,24,25,26,27). The van der Waals surface area contributed by atoms with Gasteiger partial charge >= 0.3 is 5.97 Å². The second kappa shape index (κ2) is 8.95. The topological polar surface area (TPSA) is 117 Å². The Morgan fingerprint density at radius 1 is 1.03 bits per heavy atom. The zero-order chi connectivity index (χ0) is 21.6. The third-order valence-corrected chi connectivity index (χ3v) is 4.37. The summed E-state index contributed by atoms with van der Waals surface area (Å²) in [5.41, 5.74) is 7.74. The molecule has 2 aromatic carbocycles. The highest BCUT2D eigenvalue weighted by Gasteiger charge is 2.12. The Balaban J connectivity index is 1.46. The van der Waals surface area contributed by atoms with Gasteiger partial charge in [-0.2, -0.15) is 15.0 Å². The third kappa shape index (κ3) is 4.78. The lowest BCUT2D eigenvalue weighted by Gasteiger charge is -2.11. The second-order valence-corrected chi connectivity index (χ2v) is 6.48. The Morgan fingerprint density at radius 2 is 1.84 bits per heavy atom. The fraction of sp³-hybridized carbons (Fsp3) is 0.0909. The van der Waals surface area contributed by atoms with Crippen molar-refractivity contribution in [1.29, 1.82) is 0 Å². The number of hydrogen-bond acceptors (Lipinski definition) is 8. The normalized spacial score (nSPS) is 10.5. The van der Waals surface area contributed by atoms with E-state index in [1.54, 1.807) is 31.4 Å². The average molecular weight is 416 g/mol. The monoisotopic (exact) mass is 416 g/mol. The van der Waals surface area contributed by atoms with Gasteiger partial charge in [-0.3, -0.25) is 0 Å². The number of anilines is 3. The van der Waals surface area contributed by atoms with E-state index < -0.39 is 5.97 Å². The first-order chi connectivity index (χ1) is 15.1. The summed E-state index contributed by atoms with van der Waals surface area (Å²) >= 11 is 0. The largest absolute Gasteiger partial charge is 0.495 e. The number of nitrogens with zero attached hydrogens (tertiary/aromatic N) is 4. The molecule has 0 aliphatic heterocycles. The molecule has 9 nitrogen and oxygen atoms in total. The predicted molar refractivity (Wildman–Crippen MR) is 115 cm³/mol. The summed E-state index contributed by atoms with van der Waals surface area (Å²) in [4.78, 5) is 24.9. The molecular formula is C22H20N6O3. The van der Waals surface area contributed by atoms with Gasteiger partial charge in [-0.25, -0.2) is 4.79 Å². The van der Waals surface area contributed by atoms with E-state index >= 15 is 0 Å². The van der Waals surface area contributed by atoms with Crippen LogP contribution < -0.4 is 15.8 Å². The van der Waals surface area contributed by atoms with Crippen LogP contribution in [0.1, 0.15) is 16.2 Å². The molecule has 0 amide bonds. The van der Waals surface area contributed by atoms with E-state index in [1.165, 1.54) is 0 Å². The quantitative estimate of drug-likeness (QED) is 0.441. The van der Waals surface area contributed by atoms with Crippen molar-refractivity contribution >= 4 is 23.6 Å². The highest BCUT2D eigenvalue weighted by Crippen LogP contribution is 2.25. The van der Waals surface area contributed by atoms with E-state index in [2.05, 4.69) is 20.3 Å². The van der Waals surface area contributed by atoms with Crippen LogP contribution in [-0.2, 0) is 11.3 Å². The van der Waals surface area contributed by atoms with Crippen LogP contribution in [0.4, 0.5) is 17.6 Å². The molecule has 0 unspecified atom stereocenters. The smallest absolute Gasteiger partial charge is 0.338 e. The molecule has 3 N–H and O–H groups in total. The van der Waals surface area contributed by atoms with E-state index in [4.69, 9.17) is 15.2 Å². The number of methoxy groups -OCH3 is 1. The summed E-state index contributed by atoms with van der Waals surface area (Å²) in [5.74, 6) is 0.579. The fourth-order valence-corrected chi connectivity index (χ4v) is 2.94. The van der Waals surface area contributed by atoms with Crippen molar-refractivity contribution < 1.29 is 14.3 Å². The first kappa shape index (κ1) is 19.9. The maximum absolute atomic E-state index is 12.5. The number of nitrogen functional groups attached to an aromatic ring is 1. The van der Waals surface area contributed by atoms with E-state index in [0.717, 1.165) is 5.69 Å². The number of benzene rings is 2. The minimum Gasteiger partial charge on any atom is -0.495 e. The van der Waals surface area contributed by atoms with Crippen molar-refractivity contribution in [3.05, 3.63) is 84.4 Å². The third-order valence-electron chi connectivity index (χ3n) is 4.37. The van der Waals surface area contributed by atoms with Crippen LogP contribution in [-0.4, -0.2) is 32.6 Å². The van der Waals surface area contributed by atoms with Crippen molar-refractivity contribution in [3.63, 3.8) is 0 Å². The molecule has 0 fully saturated rings. The van der Waals surface area contributed by atoms with Gasteiger partial charge in [0, 0.05) is 18.1 Å². The van der Waals surface area contributed by atoms with Gasteiger partial charge in [0.05, 0.1) is 18.4 Å². The van der Waals surface area contributed by atoms with Crippen LogP contribution in [0, 0.1) is 0 Å². The van der Waals surface area contributed by atoms with Gasteiger partial charge in [-0.15, -0.1) is 0 Å². The summed E-state index contributed by atoms with van der Waals surface area (Å²) in [6, 6.07) is 18.3. The maximum Gasteiger partial charge on any atom is 0.338 e. The second-order valence-electron chi connectivity index (χ2n) is 6.48. The van der Waals surface area contributed by atoms with Crippen LogP contribution in [0.5, 0.6) is 5.75 Å². The molecule has 0 aliphatic carbocycles. The van der Waals surface area contributed by atoms with Crippen molar-refractivity contribution in [3.8, 4) is 11.4 Å². The number of nitrogens with one attached hydrogen (secondary N) is 1. The molecular weight excluding hydrogens is 396 g/mol. The molecule has 0 spiro atoms. The number of para-hydroxylation sites is 2. The Hall–Kier alpha value is -4.40. The lowest BCUT2D eigenvalue weighted by molar-refractivity contribution is 0.0462. The van der Waals surface area contributed by atoms with Crippen molar-refractivity contribution in [2.75, 3.05) is 18.2 Å². The van der Waals surface area contributed by atoms with Gasteiger partial charge < -0.3 is 25.1 Å². The van der Waals surface area contributed by atoms with E-state index in [0.29, 0.717) is 17.0 Å². The van der Waals surface area contributed by atoms with Crippen LogP contribution in [0.2, 0.25) is 0 Å². The molecule has 9 heteroatoms. The zero-order valence-electron chi connectivity index (χ0n) is 16.7. The molecule has 0 atom stereocenters. The number of carbonyl (C=O) groups excluding carboxylic acids is 1. The number of rotatable bonds is 7. The number of hydrogen-bond donors (Lipinski definition) is 2. The first-order valence-corrected chi connectivity index (χ1v) is 9.43. The van der Waals surface area contributed by atoms with Crippen LogP contribution >= 0.6 is 0 Å². The van der Waals surface area contributed by atoms with E-state index in [9.17, 15) is 4.79 Å². The Kier molecular flexibility index (Phi) is 5.75. The number of nitrogens with two attached hydrogens (primary N) is 1.